The largest absolute Gasteiger partial charge is 0.444 e. The molecule has 0 aromatic heterocycles. The molecular weight excluding hydrogens is 521 g/mol. The molecule has 2 rings (SSSR count). The van der Waals surface area contributed by atoms with Crippen molar-refractivity contribution in [3.05, 3.63) is 35.4 Å². The Hall–Kier alpha value is -2.04. The second-order valence-electron chi connectivity index (χ2n) is 9.14. The normalized spacial score (nSPS) is 16.6. The standard InChI is InChI=1S/C23H37N5O3.HI/c1-23(2,3)31-22(30)28-13-7-8-18(16-28)15-26-21(24-4)25-14-17-9-11-19(12-10-17)20(29)27(5)6;/h9-12,18H,7-8,13-16H2,1-6H3,(H2,24,25,26);1H. The quantitative estimate of drug-likeness (QED) is 0.329. The number of nitrogens with zero attached hydrogens (tertiary/aromatic N) is 3. The first kappa shape index (κ1) is 28.0. The second kappa shape index (κ2) is 12.9. The fraction of sp³-hybridized carbons (Fsp3) is 0.609. The summed E-state index contributed by atoms with van der Waals surface area (Å²) in [7, 11) is 5.22. The molecule has 2 N–H and O–H groups in total. The summed E-state index contributed by atoms with van der Waals surface area (Å²) in [6.45, 7) is 8.41. The van der Waals surface area contributed by atoms with Crippen LogP contribution in [-0.4, -0.2) is 74.1 Å². The minimum Gasteiger partial charge on any atom is -0.444 e. The van der Waals surface area contributed by atoms with Crippen LogP contribution in [0.5, 0.6) is 0 Å². The Morgan fingerprint density at radius 1 is 1.19 bits per heavy atom. The van der Waals surface area contributed by atoms with Crippen LogP contribution in [0.15, 0.2) is 29.3 Å². The van der Waals surface area contributed by atoms with Crippen molar-refractivity contribution in [2.45, 2.75) is 45.8 Å². The summed E-state index contributed by atoms with van der Waals surface area (Å²) >= 11 is 0. The van der Waals surface area contributed by atoms with Gasteiger partial charge in [-0.1, -0.05) is 12.1 Å². The molecule has 0 radical (unpaired) electrons. The number of guanidine groups is 1. The number of amides is 2. The molecule has 1 aliphatic heterocycles. The van der Waals surface area contributed by atoms with E-state index in [0.29, 0.717) is 30.5 Å². The van der Waals surface area contributed by atoms with Crippen molar-refractivity contribution in [2.24, 2.45) is 10.9 Å². The van der Waals surface area contributed by atoms with Gasteiger partial charge in [-0.25, -0.2) is 4.79 Å². The van der Waals surface area contributed by atoms with E-state index in [4.69, 9.17) is 4.74 Å². The van der Waals surface area contributed by atoms with Gasteiger partial charge in [0.15, 0.2) is 5.96 Å². The lowest BCUT2D eigenvalue weighted by atomic mass is 9.98. The van der Waals surface area contributed by atoms with Crippen LogP contribution in [0.3, 0.4) is 0 Å². The monoisotopic (exact) mass is 559 g/mol. The smallest absolute Gasteiger partial charge is 0.410 e. The highest BCUT2D eigenvalue weighted by molar-refractivity contribution is 14.0. The predicted molar refractivity (Wildman–Crippen MR) is 139 cm³/mol. The first-order valence-electron chi connectivity index (χ1n) is 10.8. The van der Waals surface area contributed by atoms with Gasteiger partial charge < -0.3 is 25.2 Å². The number of piperidine rings is 1. The van der Waals surface area contributed by atoms with Gasteiger partial charge in [-0.2, -0.15) is 0 Å². The third-order valence-electron chi connectivity index (χ3n) is 5.02. The molecule has 1 fully saturated rings. The zero-order valence-corrected chi connectivity index (χ0v) is 22.4. The van der Waals surface area contributed by atoms with Crippen molar-refractivity contribution in [2.75, 3.05) is 40.8 Å². The fourth-order valence-electron chi connectivity index (χ4n) is 3.39. The van der Waals surface area contributed by atoms with Gasteiger partial charge in [0.1, 0.15) is 5.60 Å². The number of halogens is 1. The van der Waals surface area contributed by atoms with E-state index >= 15 is 0 Å². The number of rotatable bonds is 5. The number of nitrogens with one attached hydrogen (secondary N) is 2. The molecule has 1 atom stereocenters. The van der Waals surface area contributed by atoms with Gasteiger partial charge in [-0.15, -0.1) is 24.0 Å². The highest BCUT2D eigenvalue weighted by Crippen LogP contribution is 2.19. The Morgan fingerprint density at radius 3 is 2.41 bits per heavy atom. The Kier molecular flexibility index (Phi) is 11.2. The van der Waals surface area contributed by atoms with Crippen molar-refractivity contribution in [1.29, 1.82) is 0 Å². The van der Waals surface area contributed by atoms with Gasteiger partial charge in [0, 0.05) is 52.9 Å². The Labute approximate surface area is 209 Å². The molecule has 1 aliphatic rings. The SMILES string of the molecule is CN=C(NCc1ccc(C(=O)N(C)C)cc1)NCC1CCCN(C(=O)OC(C)(C)C)C1.I. The fourth-order valence-corrected chi connectivity index (χ4v) is 3.39. The molecule has 0 saturated carbocycles. The van der Waals surface area contributed by atoms with Crippen LogP contribution < -0.4 is 10.6 Å². The maximum atomic E-state index is 12.3. The summed E-state index contributed by atoms with van der Waals surface area (Å²) in [6.07, 6.45) is 1.79. The zero-order chi connectivity index (χ0) is 23.0. The molecule has 1 heterocycles. The van der Waals surface area contributed by atoms with Crippen LogP contribution in [-0.2, 0) is 11.3 Å². The number of ether oxygens (including phenoxy) is 1. The number of carbonyl (C=O) groups excluding carboxylic acids is 2. The second-order valence-corrected chi connectivity index (χ2v) is 9.14. The lowest BCUT2D eigenvalue weighted by Gasteiger charge is -2.34. The number of hydrogen-bond donors (Lipinski definition) is 2. The molecule has 1 saturated heterocycles. The molecule has 0 aliphatic carbocycles. The van der Waals surface area contributed by atoms with E-state index in [9.17, 15) is 9.59 Å². The summed E-state index contributed by atoms with van der Waals surface area (Å²) < 4.78 is 5.50. The van der Waals surface area contributed by atoms with Crippen molar-refractivity contribution in [1.82, 2.24) is 20.4 Å². The summed E-state index contributed by atoms with van der Waals surface area (Å²) in [4.78, 5) is 32.0. The van der Waals surface area contributed by atoms with Gasteiger partial charge in [0.25, 0.3) is 5.91 Å². The van der Waals surface area contributed by atoms with Gasteiger partial charge in [-0.05, 0) is 57.2 Å². The molecule has 2 amide bonds. The molecule has 0 spiro atoms. The predicted octanol–water partition coefficient (Wildman–Crippen LogP) is 3.32. The number of benzene rings is 1. The Balaban J connectivity index is 0.00000512. The topological polar surface area (TPSA) is 86.3 Å². The third kappa shape index (κ3) is 9.22. The van der Waals surface area contributed by atoms with Crippen LogP contribution in [0.4, 0.5) is 4.79 Å². The molecule has 9 heteroatoms. The van der Waals surface area contributed by atoms with E-state index in [1.54, 1.807) is 30.9 Å². The van der Waals surface area contributed by atoms with E-state index in [2.05, 4.69) is 15.6 Å². The number of carbonyl (C=O) groups is 2. The summed E-state index contributed by atoms with van der Waals surface area (Å²) in [5, 5.41) is 6.66. The molecular formula is C23H38IN5O3. The molecule has 0 bridgehead atoms. The van der Waals surface area contributed by atoms with Crippen LogP contribution in [0, 0.1) is 5.92 Å². The van der Waals surface area contributed by atoms with Gasteiger partial charge >= 0.3 is 6.09 Å². The van der Waals surface area contributed by atoms with Crippen molar-refractivity contribution in [3.63, 3.8) is 0 Å². The Morgan fingerprint density at radius 2 is 1.84 bits per heavy atom. The lowest BCUT2D eigenvalue weighted by molar-refractivity contribution is 0.0168. The van der Waals surface area contributed by atoms with E-state index < -0.39 is 5.60 Å². The Bertz CT molecular complexity index is 775. The highest BCUT2D eigenvalue weighted by atomic mass is 127. The summed E-state index contributed by atoms with van der Waals surface area (Å²) in [5.41, 5.74) is 1.25. The molecule has 180 valence electrons. The zero-order valence-electron chi connectivity index (χ0n) is 20.1. The van der Waals surface area contributed by atoms with E-state index in [0.717, 1.165) is 31.5 Å². The van der Waals surface area contributed by atoms with Crippen LogP contribution >= 0.6 is 24.0 Å². The maximum absolute atomic E-state index is 12.3. The maximum Gasteiger partial charge on any atom is 0.410 e. The molecule has 1 unspecified atom stereocenters. The van der Waals surface area contributed by atoms with E-state index in [-0.39, 0.29) is 36.0 Å². The number of hydrogen-bond acceptors (Lipinski definition) is 4. The van der Waals surface area contributed by atoms with Crippen LogP contribution in [0.25, 0.3) is 0 Å². The average molecular weight is 559 g/mol. The van der Waals surface area contributed by atoms with Crippen molar-refractivity contribution in [3.8, 4) is 0 Å². The van der Waals surface area contributed by atoms with Crippen molar-refractivity contribution >= 4 is 41.9 Å². The number of likely N-dealkylation sites (tertiary alicyclic amines) is 1. The van der Waals surface area contributed by atoms with E-state index in [1.165, 1.54) is 0 Å². The molecule has 8 nitrogen and oxygen atoms in total. The summed E-state index contributed by atoms with van der Waals surface area (Å²) in [5.74, 6) is 1.05. The van der Waals surface area contributed by atoms with Gasteiger partial charge in [-0.3, -0.25) is 9.79 Å². The molecule has 1 aromatic rings. The summed E-state index contributed by atoms with van der Waals surface area (Å²) in [6, 6.07) is 7.55. The van der Waals surface area contributed by atoms with Crippen molar-refractivity contribution < 1.29 is 14.3 Å². The first-order valence-corrected chi connectivity index (χ1v) is 10.8. The first-order chi connectivity index (χ1) is 14.6. The molecule has 32 heavy (non-hydrogen) atoms. The highest BCUT2D eigenvalue weighted by Gasteiger charge is 2.27. The average Bonchev–Trinajstić information content (AvgIpc) is 2.72. The minimum atomic E-state index is -0.480. The third-order valence-corrected chi connectivity index (χ3v) is 5.02. The minimum absolute atomic E-state index is 0. The number of aliphatic imine (C=N–C) groups is 1. The van der Waals surface area contributed by atoms with Gasteiger partial charge in [0.05, 0.1) is 0 Å². The lowest BCUT2D eigenvalue weighted by Crippen LogP contribution is -2.47. The molecule has 1 aromatic carbocycles. The van der Waals surface area contributed by atoms with E-state index in [1.807, 2.05) is 45.0 Å². The van der Waals surface area contributed by atoms with Crippen LogP contribution in [0.1, 0.15) is 49.5 Å². The van der Waals surface area contributed by atoms with Crippen LogP contribution in [0.2, 0.25) is 0 Å². The van der Waals surface area contributed by atoms with Gasteiger partial charge in [0.2, 0.25) is 0 Å².